The summed E-state index contributed by atoms with van der Waals surface area (Å²) >= 11 is 0. The predicted molar refractivity (Wildman–Crippen MR) is 140 cm³/mol. The first-order valence-electron chi connectivity index (χ1n) is 11.0. The molecular weight excluding hydrogens is 424 g/mol. The Hall–Kier alpha value is -4.39. The molecule has 0 radical (unpaired) electrons. The number of aromatic nitrogens is 2. The van der Waals surface area contributed by atoms with E-state index in [0.717, 1.165) is 22.8 Å². The monoisotopic (exact) mass is 452 g/mol. The lowest BCUT2D eigenvalue weighted by atomic mass is 10.2. The second kappa shape index (κ2) is 10.0. The lowest BCUT2D eigenvalue weighted by Crippen LogP contribution is -2.13. The summed E-state index contributed by atoms with van der Waals surface area (Å²) in [4.78, 5) is 23.6. The molecule has 3 N–H and O–H groups in total. The first kappa shape index (κ1) is 22.8. The van der Waals surface area contributed by atoms with Crippen LogP contribution in [0.25, 0.3) is 0 Å². The molecule has 0 saturated heterocycles. The molecule has 0 aliphatic rings. The van der Waals surface area contributed by atoms with Gasteiger partial charge >= 0.3 is 0 Å². The normalized spacial score (nSPS) is 10.5. The van der Waals surface area contributed by atoms with Crippen LogP contribution in [0.5, 0.6) is 0 Å². The minimum atomic E-state index is -0.149. The molecular formula is C27H28N6O. The zero-order valence-corrected chi connectivity index (χ0v) is 19.8. The van der Waals surface area contributed by atoms with Crippen molar-refractivity contribution in [3.63, 3.8) is 0 Å². The van der Waals surface area contributed by atoms with E-state index in [0.29, 0.717) is 23.0 Å². The van der Waals surface area contributed by atoms with E-state index in [4.69, 9.17) is 0 Å². The van der Waals surface area contributed by atoms with Gasteiger partial charge in [0.2, 0.25) is 5.95 Å². The fourth-order valence-corrected chi connectivity index (χ4v) is 3.35. The summed E-state index contributed by atoms with van der Waals surface area (Å²) in [5.74, 6) is 1.06. The highest BCUT2D eigenvalue weighted by atomic mass is 16.1. The molecule has 4 aromatic rings. The van der Waals surface area contributed by atoms with Gasteiger partial charge in [0.15, 0.2) is 0 Å². The van der Waals surface area contributed by atoms with Gasteiger partial charge in [-0.15, -0.1) is 0 Å². The first-order valence-corrected chi connectivity index (χ1v) is 11.0. The van der Waals surface area contributed by atoms with Gasteiger partial charge in [0, 0.05) is 54.2 Å². The van der Waals surface area contributed by atoms with Crippen molar-refractivity contribution >= 4 is 40.4 Å². The van der Waals surface area contributed by atoms with Crippen LogP contribution in [0.1, 0.15) is 21.6 Å². The number of nitrogens with one attached hydrogen (secondary N) is 3. The standard InChI is InChI=1S/C27H28N6O/c1-18-5-9-23(10-6-18)31-27-28-19(2)17-25(32-27)29-21-11-13-22(14-12-21)30-26(34)20-7-15-24(16-8-20)33(3)4/h5-17H,1-4H3,(H,30,34)(H2,28,29,31,32). The summed E-state index contributed by atoms with van der Waals surface area (Å²) in [6.45, 7) is 3.98. The number of anilines is 6. The molecule has 7 heteroatoms. The van der Waals surface area contributed by atoms with Gasteiger partial charge in [0.1, 0.15) is 5.82 Å². The minimum absolute atomic E-state index is 0.149. The van der Waals surface area contributed by atoms with Gasteiger partial charge in [0.25, 0.3) is 5.91 Å². The predicted octanol–water partition coefficient (Wildman–Crippen LogP) is 5.90. The van der Waals surface area contributed by atoms with E-state index in [1.807, 2.05) is 112 Å². The molecule has 0 bridgehead atoms. The van der Waals surface area contributed by atoms with Crippen molar-refractivity contribution in [1.29, 1.82) is 0 Å². The molecule has 34 heavy (non-hydrogen) atoms. The fraction of sp³-hybridized carbons (Fsp3) is 0.148. The Balaban J connectivity index is 1.40. The van der Waals surface area contributed by atoms with Crippen LogP contribution in [0.4, 0.5) is 34.5 Å². The van der Waals surface area contributed by atoms with E-state index in [1.54, 1.807) is 0 Å². The maximum Gasteiger partial charge on any atom is 0.255 e. The van der Waals surface area contributed by atoms with Crippen molar-refractivity contribution in [2.75, 3.05) is 34.9 Å². The van der Waals surface area contributed by atoms with Crippen molar-refractivity contribution in [2.24, 2.45) is 0 Å². The van der Waals surface area contributed by atoms with E-state index in [-0.39, 0.29) is 5.91 Å². The lowest BCUT2D eigenvalue weighted by Gasteiger charge is -2.13. The topological polar surface area (TPSA) is 82.2 Å². The summed E-state index contributed by atoms with van der Waals surface area (Å²) in [5, 5.41) is 9.47. The van der Waals surface area contributed by atoms with Crippen LogP contribution in [0, 0.1) is 13.8 Å². The summed E-state index contributed by atoms with van der Waals surface area (Å²) in [7, 11) is 3.93. The first-order chi connectivity index (χ1) is 16.4. The van der Waals surface area contributed by atoms with Crippen molar-refractivity contribution in [2.45, 2.75) is 13.8 Å². The van der Waals surface area contributed by atoms with Crippen LogP contribution in [-0.4, -0.2) is 30.0 Å². The number of nitrogens with zero attached hydrogens (tertiary/aromatic N) is 3. The number of hydrogen-bond donors (Lipinski definition) is 3. The molecule has 0 saturated carbocycles. The van der Waals surface area contributed by atoms with Crippen molar-refractivity contribution in [3.8, 4) is 0 Å². The Morgan fingerprint density at radius 2 is 1.32 bits per heavy atom. The number of rotatable bonds is 7. The van der Waals surface area contributed by atoms with Crippen LogP contribution in [0.3, 0.4) is 0 Å². The van der Waals surface area contributed by atoms with Crippen LogP contribution in [0.2, 0.25) is 0 Å². The zero-order chi connectivity index (χ0) is 24.1. The van der Waals surface area contributed by atoms with Crippen LogP contribution in [0.15, 0.2) is 78.9 Å². The van der Waals surface area contributed by atoms with Gasteiger partial charge in [0.05, 0.1) is 0 Å². The Morgan fingerprint density at radius 3 is 1.97 bits per heavy atom. The second-order valence-corrected chi connectivity index (χ2v) is 8.31. The van der Waals surface area contributed by atoms with Gasteiger partial charge in [-0.1, -0.05) is 17.7 Å². The lowest BCUT2D eigenvalue weighted by molar-refractivity contribution is 0.102. The molecule has 172 valence electrons. The molecule has 7 nitrogen and oxygen atoms in total. The Morgan fingerprint density at radius 1 is 0.735 bits per heavy atom. The van der Waals surface area contributed by atoms with Crippen molar-refractivity contribution in [3.05, 3.63) is 95.7 Å². The van der Waals surface area contributed by atoms with E-state index < -0.39 is 0 Å². The zero-order valence-electron chi connectivity index (χ0n) is 19.8. The number of benzene rings is 3. The Labute approximate surface area is 199 Å². The number of hydrogen-bond acceptors (Lipinski definition) is 6. The molecule has 0 aliphatic heterocycles. The molecule has 0 aliphatic carbocycles. The van der Waals surface area contributed by atoms with E-state index in [9.17, 15) is 4.79 Å². The van der Waals surface area contributed by atoms with E-state index in [2.05, 4.69) is 25.9 Å². The third-order valence-electron chi connectivity index (χ3n) is 5.22. The summed E-state index contributed by atoms with van der Waals surface area (Å²) < 4.78 is 0. The molecule has 0 fully saturated rings. The highest BCUT2D eigenvalue weighted by Crippen LogP contribution is 2.21. The average Bonchev–Trinajstić information content (AvgIpc) is 2.81. The van der Waals surface area contributed by atoms with Crippen LogP contribution in [-0.2, 0) is 0 Å². The second-order valence-electron chi connectivity index (χ2n) is 8.31. The van der Waals surface area contributed by atoms with E-state index >= 15 is 0 Å². The molecule has 1 aromatic heterocycles. The van der Waals surface area contributed by atoms with Crippen LogP contribution < -0.4 is 20.9 Å². The average molecular weight is 453 g/mol. The van der Waals surface area contributed by atoms with E-state index in [1.165, 1.54) is 5.56 Å². The number of carbonyl (C=O) groups excluding carboxylic acids is 1. The SMILES string of the molecule is Cc1ccc(Nc2nc(C)cc(Nc3ccc(NC(=O)c4ccc(N(C)C)cc4)cc3)n2)cc1. The summed E-state index contributed by atoms with van der Waals surface area (Å²) in [5.41, 5.74) is 6.19. The molecule has 1 amide bonds. The molecule has 0 spiro atoms. The molecule has 0 atom stereocenters. The third-order valence-corrected chi connectivity index (χ3v) is 5.22. The molecule has 0 unspecified atom stereocenters. The van der Waals surface area contributed by atoms with Gasteiger partial charge < -0.3 is 20.9 Å². The summed E-state index contributed by atoms with van der Waals surface area (Å²) in [6, 6.07) is 24.9. The summed E-state index contributed by atoms with van der Waals surface area (Å²) in [6.07, 6.45) is 0. The molecule has 3 aromatic carbocycles. The largest absolute Gasteiger partial charge is 0.378 e. The molecule has 1 heterocycles. The maximum atomic E-state index is 12.6. The van der Waals surface area contributed by atoms with Crippen molar-refractivity contribution in [1.82, 2.24) is 9.97 Å². The fourth-order valence-electron chi connectivity index (χ4n) is 3.35. The Kier molecular flexibility index (Phi) is 6.73. The van der Waals surface area contributed by atoms with Gasteiger partial charge in [-0.05, 0) is 74.5 Å². The maximum absolute atomic E-state index is 12.6. The van der Waals surface area contributed by atoms with Crippen LogP contribution >= 0.6 is 0 Å². The third kappa shape index (κ3) is 5.89. The molecule has 4 rings (SSSR count). The van der Waals surface area contributed by atoms with Crippen molar-refractivity contribution < 1.29 is 4.79 Å². The smallest absolute Gasteiger partial charge is 0.255 e. The highest BCUT2D eigenvalue weighted by molar-refractivity contribution is 6.04. The van der Waals surface area contributed by atoms with Gasteiger partial charge in [-0.3, -0.25) is 4.79 Å². The quantitative estimate of drug-likeness (QED) is 0.324. The van der Waals surface area contributed by atoms with Gasteiger partial charge in [-0.25, -0.2) is 4.98 Å². The number of amides is 1. The Bertz CT molecular complexity index is 1270. The number of carbonyl (C=O) groups is 1. The highest BCUT2D eigenvalue weighted by Gasteiger charge is 2.08. The minimum Gasteiger partial charge on any atom is -0.378 e. The number of aryl methyl sites for hydroxylation is 2. The van der Waals surface area contributed by atoms with Gasteiger partial charge in [-0.2, -0.15) is 4.98 Å².